The Labute approximate surface area is 162 Å². The first kappa shape index (κ1) is 20.6. The van der Waals surface area contributed by atoms with Crippen molar-refractivity contribution in [2.24, 2.45) is 4.99 Å². The van der Waals surface area contributed by atoms with Gasteiger partial charge >= 0.3 is 0 Å². The van der Waals surface area contributed by atoms with Crippen molar-refractivity contribution in [3.63, 3.8) is 0 Å². The van der Waals surface area contributed by atoms with Gasteiger partial charge in [0.2, 0.25) is 0 Å². The molecule has 23 heavy (non-hydrogen) atoms. The first-order valence-electron chi connectivity index (χ1n) is 7.75. The van der Waals surface area contributed by atoms with Crippen LogP contribution in [0.1, 0.15) is 38.2 Å². The third-order valence-corrected chi connectivity index (χ3v) is 4.43. The van der Waals surface area contributed by atoms with Crippen molar-refractivity contribution >= 4 is 45.9 Å². The molecule has 7 heteroatoms. The fraction of sp³-hybridized carbons (Fsp3) is 0.562. The van der Waals surface area contributed by atoms with E-state index in [-0.39, 0.29) is 35.9 Å². The number of benzene rings is 1. The van der Waals surface area contributed by atoms with Gasteiger partial charge in [-0.05, 0) is 66.2 Å². The fourth-order valence-electron chi connectivity index (χ4n) is 2.54. The highest BCUT2D eigenvalue weighted by Gasteiger charge is 2.19. The lowest BCUT2D eigenvalue weighted by Crippen LogP contribution is -2.45. The van der Waals surface area contributed by atoms with Crippen LogP contribution < -0.4 is 10.6 Å². The van der Waals surface area contributed by atoms with Crippen molar-refractivity contribution in [3.05, 3.63) is 34.1 Å². The molecule has 0 saturated heterocycles. The number of aliphatic hydroxyl groups is 1. The second-order valence-electron chi connectivity index (χ2n) is 5.59. The Morgan fingerprint density at radius 3 is 2.65 bits per heavy atom. The van der Waals surface area contributed by atoms with E-state index in [1.165, 1.54) is 6.07 Å². The number of nitrogens with zero attached hydrogens (tertiary/aromatic N) is 1. The van der Waals surface area contributed by atoms with E-state index in [0.717, 1.165) is 43.8 Å². The monoisotopic (exact) mass is 499 g/mol. The summed E-state index contributed by atoms with van der Waals surface area (Å²) in [5, 5.41) is 16.2. The minimum absolute atomic E-state index is 0. The van der Waals surface area contributed by atoms with Crippen molar-refractivity contribution in [1.29, 1.82) is 0 Å². The normalized spacial score (nSPS) is 21.5. The Balaban J connectivity index is 0.00000264. The highest BCUT2D eigenvalue weighted by molar-refractivity contribution is 14.0. The highest BCUT2D eigenvalue weighted by atomic mass is 127. The van der Waals surface area contributed by atoms with Gasteiger partial charge in [-0.15, -0.1) is 24.0 Å². The first-order chi connectivity index (χ1) is 10.6. The van der Waals surface area contributed by atoms with Gasteiger partial charge in [0.1, 0.15) is 5.82 Å². The highest BCUT2D eigenvalue weighted by Crippen LogP contribution is 2.19. The maximum atomic E-state index is 13.5. The van der Waals surface area contributed by atoms with Gasteiger partial charge in [0.05, 0.1) is 17.1 Å². The van der Waals surface area contributed by atoms with Gasteiger partial charge in [0, 0.05) is 12.6 Å². The number of hydrogen-bond donors (Lipinski definition) is 3. The molecule has 1 saturated carbocycles. The van der Waals surface area contributed by atoms with Crippen LogP contribution in [-0.4, -0.2) is 29.8 Å². The summed E-state index contributed by atoms with van der Waals surface area (Å²) < 4.78 is 14.0. The fourth-order valence-corrected chi connectivity index (χ4v) is 2.79. The molecule has 0 radical (unpaired) electrons. The summed E-state index contributed by atoms with van der Waals surface area (Å²) in [7, 11) is 0. The molecular weight excluding hydrogens is 476 g/mol. The molecular formula is C16H24BrFIN3O. The number of halogens is 3. The Bertz CT molecular complexity index is 522. The maximum absolute atomic E-state index is 13.5. The molecule has 0 unspecified atom stereocenters. The molecule has 0 heterocycles. The van der Waals surface area contributed by atoms with Gasteiger partial charge in [-0.25, -0.2) is 9.38 Å². The Morgan fingerprint density at radius 1 is 1.35 bits per heavy atom. The lowest BCUT2D eigenvalue weighted by Gasteiger charge is -2.27. The number of aliphatic hydroxyl groups excluding tert-OH is 1. The van der Waals surface area contributed by atoms with Gasteiger partial charge in [0.25, 0.3) is 0 Å². The molecule has 0 spiro atoms. The topological polar surface area (TPSA) is 56.7 Å². The number of rotatable bonds is 4. The molecule has 0 amide bonds. The van der Waals surface area contributed by atoms with Crippen LogP contribution in [0.3, 0.4) is 0 Å². The molecule has 1 aliphatic rings. The quantitative estimate of drug-likeness (QED) is 0.337. The minimum Gasteiger partial charge on any atom is -0.393 e. The van der Waals surface area contributed by atoms with E-state index in [9.17, 15) is 9.50 Å². The number of guanidine groups is 1. The van der Waals surface area contributed by atoms with Gasteiger partial charge < -0.3 is 15.7 Å². The van der Waals surface area contributed by atoms with Crippen LogP contribution in [0.2, 0.25) is 0 Å². The van der Waals surface area contributed by atoms with Gasteiger partial charge in [-0.2, -0.15) is 0 Å². The van der Waals surface area contributed by atoms with Crippen LogP contribution >= 0.6 is 39.9 Å². The van der Waals surface area contributed by atoms with E-state index in [4.69, 9.17) is 0 Å². The Hall–Kier alpha value is -0.410. The minimum atomic E-state index is -0.271. The average Bonchev–Trinajstić information content (AvgIpc) is 2.50. The van der Waals surface area contributed by atoms with E-state index in [1.54, 1.807) is 6.07 Å². The smallest absolute Gasteiger partial charge is 0.191 e. The molecule has 1 aromatic carbocycles. The molecule has 1 aliphatic carbocycles. The predicted molar refractivity (Wildman–Crippen MR) is 106 cm³/mol. The maximum Gasteiger partial charge on any atom is 0.191 e. The first-order valence-corrected chi connectivity index (χ1v) is 8.54. The Morgan fingerprint density at radius 2 is 2.04 bits per heavy atom. The largest absolute Gasteiger partial charge is 0.393 e. The average molecular weight is 500 g/mol. The lowest BCUT2D eigenvalue weighted by atomic mass is 9.93. The van der Waals surface area contributed by atoms with E-state index in [1.807, 2.05) is 13.0 Å². The van der Waals surface area contributed by atoms with Crippen molar-refractivity contribution in [2.75, 3.05) is 6.54 Å². The van der Waals surface area contributed by atoms with Crippen LogP contribution in [0.15, 0.2) is 27.7 Å². The lowest BCUT2D eigenvalue weighted by molar-refractivity contribution is 0.120. The van der Waals surface area contributed by atoms with Crippen LogP contribution in [0.4, 0.5) is 4.39 Å². The SMILES string of the molecule is CCNC(=NCc1ccc(Br)c(F)c1)NC1CCC(O)CC1.I. The Kier molecular flexibility index (Phi) is 9.38. The molecule has 0 bridgehead atoms. The zero-order valence-corrected chi connectivity index (χ0v) is 17.1. The molecule has 0 atom stereocenters. The number of aliphatic imine (C=N–C) groups is 1. The zero-order valence-electron chi connectivity index (χ0n) is 13.2. The molecule has 0 aromatic heterocycles. The van der Waals surface area contributed by atoms with Crippen molar-refractivity contribution in [2.45, 2.75) is 51.3 Å². The summed E-state index contributed by atoms with van der Waals surface area (Å²) in [5.74, 6) is 0.471. The third kappa shape index (κ3) is 6.93. The summed E-state index contributed by atoms with van der Waals surface area (Å²) in [6.07, 6.45) is 3.38. The molecule has 0 aliphatic heterocycles. The molecule has 2 rings (SSSR count). The molecule has 1 fully saturated rings. The number of nitrogens with one attached hydrogen (secondary N) is 2. The van der Waals surface area contributed by atoms with Crippen LogP contribution in [-0.2, 0) is 6.54 Å². The zero-order chi connectivity index (χ0) is 15.9. The van der Waals surface area contributed by atoms with Gasteiger partial charge in [0.15, 0.2) is 5.96 Å². The van der Waals surface area contributed by atoms with Crippen LogP contribution in [0.25, 0.3) is 0 Å². The third-order valence-electron chi connectivity index (χ3n) is 3.79. The van der Waals surface area contributed by atoms with Crippen molar-refractivity contribution < 1.29 is 9.50 Å². The van der Waals surface area contributed by atoms with E-state index < -0.39 is 0 Å². The van der Waals surface area contributed by atoms with E-state index >= 15 is 0 Å². The van der Waals surface area contributed by atoms with E-state index in [0.29, 0.717) is 17.1 Å². The molecule has 130 valence electrons. The molecule has 3 N–H and O–H groups in total. The van der Waals surface area contributed by atoms with Crippen molar-refractivity contribution in [3.8, 4) is 0 Å². The second kappa shape index (κ2) is 10.5. The van der Waals surface area contributed by atoms with Gasteiger partial charge in [-0.1, -0.05) is 6.07 Å². The van der Waals surface area contributed by atoms with Crippen molar-refractivity contribution in [1.82, 2.24) is 10.6 Å². The summed E-state index contributed by atoms with van der Waals surface area (Å²) in [5.41, 5.74) is 0.831. The van der Waals surface area contributed by atoms with Crippen LogP contribution in [0.5, 0.6) is 0 Å². The summed E-state index contributed by atoms with van der Waals surface area (Å²) >= 11 is 3.15. The number of hydrogen-bond acceptors (Lipinski definition) is 2. The summed E-state index contributed by atoms with van der Waals surface area (Å²) in [6.45, 7) is 3.21. The molecule has 1 aromatic rings. The predicted octanol–water partition coefficient (Wildman–Crippen LogP) is 3.56. The van der Waals surface area contributed by atoms with Gasteiger partial charge in [-0.3, -0.25) is 0 Å². The van der Waals surface area contributed by atoms with E-state index in [2.05, 4.69) is 31.6 Å². The van der Waals surface area contributed by atoms with Crippen LogP contribution in [0, 0.1) is 5.82 Å². The molecule has 4 nitrogen and oxygen atoms in total. The standard InChI is InChI=1S/C16H23BrFN3O.HI/c1-2-19-16(21-12-4-6-13(22)7-5-12)20-10-11-3-8-14(17)15(18)9-11;/h3,8-9,12-13,22H,2,4-7,10H2,1H3,(H2,19,20,21);1H. The second-order valence-corrected chi connectivity index (χ2v) is 6.45. The summed E-state index contributed by atoms with van der Waals surface area (Å²) in [4.78, 5) is 4.52. The summed E-state index contributed by atoms with van der Waals surface area (Å²) in [6, 6.07) is 5.39.